The van der Waals surface area contributed by atoms with Crippen molar-refractivity contribution in [3.05, 3.63) is 47.4 Å². The minimum absolute atomic E-state index is 0.0357. The van der Waals surface area contributed by atoms with Crippen molar-refractivity contribution in [2.75, 3.05) is 5.32 Å². The van der Waals surface area contributed by atoms with Crippen LogP contribution in [0, 0.1) is 13.8 Å². The van der Waals surface area contributed by atoms with Gasteiger partial charge in [0, 0.05) is 5.69 Å². The molecule has 0 saturated heterocycles. The average molecular weight is 355 g/mol. The predicted molar refractivity (Wildman–Crippen MR) is 88.1 cm³/mol. The summed E-state index contributed by atoms with van der Waals surface area (Å²) in [6, 6.07) is 7.37. The zero-order valence-corrected chi connectivity index (χ0v) is 13.7. The number of anilines is 1. The molecular formula is C15H15F2N3O3S. The molecule has 24 heavy (non-hydrogen) atoms. The monoisotopic (exact) mass is 355 g/mol. The van der Waals surface area contributed by atoms with E-state index >= 15 is 0 Å². The normalized spacial score (nSPS) is 10.4. The lowest BCUT2D eigenvalue weighted by Crippen LogP contribution is -2.43. The first kappa shape index (κ1) is 17.7. The number of benzene rings is 1. The number of thiocarbonyl (C=S) groups is 1. The third-order valence-corrected chi connectivity index (χ3v) is 3.12. The number of furan rings is 1. The molecule has 128 valence electrons. The van der Waals surface area contributed by atoms with E-state index in [1.807, 2.05) is 0 Å². The standard InChI is InChI=1S/C15H15F2N3O3S/c1-8-7-12(9(2)22-8)13(21)19-20-15(24)18-10-3-5-11(6-4-10)23-14(16)17/h3-7,14H,1-2H3,(H,19,21)(H2,18,20,24). The van der Waals surface area contributed by atoms with Gasteiger partial charge in [-0.15, -0.1) is 0 Å². The second-order valence-electron chi connectivity index (χ2n) is 4.76. The lowest BCUT2D eigenvalue weighted by Gasteiger charge is -2.12. The fourth-order valence-electron chi connectivity index (χ4n) is 1.92. The Labute approximate surface area is 142 Å². The number of nitrogens with one attached hydrogen (secondary N) is 3. The van der Waals surface area contributed by atoms with Gasteiger partial charge in [0.05, 0.1) is 5.56 Å². The Kier molecular flexibility index (Phi) is 5.69. The second kappa shape index (κ2) is 7.73. The number of amides is 1. The number of carbonyl (C=O) groups is 1. The molecule has 0 aliphatic heterocycles. The van der Waals surface area contributed by atoms with Crippen LogP contribution in [0.2, 0.25) is 0 Å². The van der Waals surface area contributed by atoms with E-state index in [-0.39, 0.29) is 10.9 Å². The minimum atomic E-state index is -2.88. The molecule has 3 N–H and O–H groups in total. The molecule has 2 aromatic rings. The van der Waals surface area contributed by atoms with Crippen molar-refractivity contribution in [2.45, 2.75) is 20.5 Å². The van der Waals surface area contributed by atoms with E-state index in [1.54, 1.807) is 19.9 Å². The van der Waals surface area contributed by atoms with Gasteiger partial charge in [-0.25, -0.2) is 0 Å². The number of aryl methyl sites for hydroxylation is 2. The minimum Gasteiger partial charge on any atom is -0.466 e. The Bertz CT molecular complexity index is 732. The van der Waals surface area contributed by atoms with Crippen LogP contribution in [-0.2, 0) is 0 Å². The second-order valence-corrected chi connectivity index (χ2v) is 5.17. The van der Waals surface area contributed by atoms with Crippen LogP contribution < -0.4 is 20.9 Å². The molecule has 0 aliphatic carbocycles. The first-order valence-corrected chi connectivity index (χ1v) is 7.25. The zero-order chi connectivity index (χ0) is 17.7. The zero-order valence-electron chi connectivity index (χ0n) is 12.9. The van der Waals surface area contributed by atoms with E-state index in [9.17, 15) is 13.6 Å². The first-order valence-electron chi connectivity index (χ1n) is 6.84. The van der Waals surface area contributed by atoms with Crippen molar-refractivity contribution < 1.29 is 22.7 Å². The number of carbonyl (C=O) groups excluding carboxylic acids is 1. The molecule has 2 rings (SSSR count). The van der Waals surface area contributed by atoms with Crippen LogP contribution in [0.15, 0.2) is 34.7 Å². The van der Waals surface area contributed by atoms with Gasteiger partial charge in [0.1, 0.15) is 17.3 Å². The summed E-state index contributed by atoms with van der Waals surface area (Å²) in [7, 11) is 0. The average Bonchev–Trinajstić information content (AvgIpc) is 2.85. The number of rotatable bonds is 4. The summed E-state index contributed by atoms with van der Waals surface area (Å²) in [4.78, 5) is 12.0. The summed E-state index contributed by atoms with van der Waals surface area (Å²) in [5, 5.41) is 2.92. The highest BCUT2D eigenvalue weighted by molar-refractivity contribution is 7.80. The van der Waals surface area contributed by atoms with Crippen LogP contribution in [-0.4, -0.2) is 17.6 Å². The van der Waals surface area contributed by atoms with Crippen molar-refractivity contribution in [2.24, 2.45) is 0 Å². The molecule has 1 amide bonds. The molecule has 0 radical (unpaired) electrons. The molecule has 1 aromatic carbocycles. The molecule has 6 nitrogen and oxygen atoms in total. The maximum absolute atomic E-state index is 12.1. The number of hydrogen-bond acceptors (Lipinski definition) is 4. The van der Waals surface area contributed by atoms with Crippen LogP contribution in [0.3, 0.4) is 0 Å². The number of alkyl halides is 2. The lowest BCUT2D eigenvalue weighted by atomic mass is 10.2. The van der Waals surface area contributed by atoms with E-state index in [1.165, 1.54) is 24.3 Å². The van der Waals surface area contributed by atoms with Gasteiger partial charge in [0.15, 0.2) is 5.11 Å². The number of hydrogen-bond donors (Lipinski definition) is 3. The van der Waals surface area contributed by atoms with E-state index < -0.39 is 12.5 Å². The smallest absolute Gasteiger partial charge is 0.387 e. The summed E-state index contributed by atoms with van der Waals surface area (Å²) in [5.74, 6) is 0.771. The van der Waals surface area contributed by atoms with Gasteiger partial charge >= 0.3 is 6.61 Å². The topological polar surface area (TPSA) is 75.5 Å². The predicted octanol–water partition coefficient (Wildman–Crippen LogP) is 3.13. The lowest BCUT2D eigenvalue weighted by molar-refractivity contribution is -0.0498. The van der Waals surface area contributed by atoms with Gasteiger partial charge < -0.3 is 14.5 Å². The maximum Gasteiger partial charge on any atom is 0.387 e. The van der Waals surface area contributed by atoms with Crippen LogP contribution in [0.4, 0.5) is 14.5 Å². The molecule has 0 bridgehead atoms. The molecular weight excluding hydrogens is 340 g/mol. The summed E-state index contributed by atoms with van der Waals surface area (Å²) >= 11 is 5.03. The Morgan fingerprint density at radius 2 is 1.88 bits per heavy atom. The highest BCUT2D eigenvalue weighted by Crippen LogP contribution is 2.17. The number of hydrazine groups is 1. The highest BCUT2D eigenvalue weighted by Gasteiger charge is 2.13. The van der Waals surface area contributed by atoms with Gasteiger partial charge in [-0.1, -0.05) is 0 Å². The van der Waals surface area contributed by atoms with Gasteiger partial charge in [-0.05, 0) is 56.4 Å². The van der Waals surface area contributed by atoms with E-state index in [0.29, 0.717) is 22.8 Å². The van der Waals surface area contributed by atoms with Gasteiger partial charge in [-0.2, -0.15) is 8.78 Å². The van der Waals surface area contributed by atoms with Crippen LogP contribution in [0.5, 0.6) is 5.75 Å². The fourth-order valence-corrected chi connectivity index (χ4v) is 2.09. The quantitative estimate of drug-likeness (QED) is 0.578. The molecule has 0 unspecified atom stereocenters. The van der Waals surface area contributed by atoms with Crippen molar-refractivity contribution in [1.29, 1.82) is 0 Å². The molecule has 9 heteroatoms. The van der Waals surface area contributed by atoms with Crippen LogP contribution >= 0.6 is 12.2 Å². The molecule has 1 heterocycles. The van der Waals surface area contributed by atoms with Gasteiger partial charge in [-0.3, -0.25) is 15.6 Å². The fraction of sp³-hybridized carbons (Fsp3) is 0.200. The third kappa shape index (κ3) is 4.92. The molecule has 0 spiro atoms. The summed E-state index contributed by atoms with van der Waals surface area (Å²) in [6.07, 6.45) is 0. The van der Waals surface area contributed by atoms with E-state index in [4.69, 9.17) is 16.6 Å². The van der Waals surface area contributed by atoms with Crippen molar-refractivity contribution in [3.63, 3.8) is 0 Å². The van der Waals surface area contributed by atoms with E-state index in [2.05, 4.69) is 20.9 Å². The maximum atomic E-state index is 12.1. The van der Waals surface area contributed by atoms with Crippen LogP contribution in [0.25, 0.3) is 0 Å². The first-order chi connectivity index (χ1) is 11.3. The van der Waals surface area contributed by atoms with E-state index in [0.717, 1.165) is 0 Å². The van der Waals surface area contributed by atoms with Crippen molar-refractivity contribution in [3.8, 4) is 5.75 Å². The third-order valence-electron chi connectivity index (χ3n) is 2.91. The summed E-state index contributed by atoms with van der Waals surface area (Å²) in [6.45, 7) is 0.545. The Morgan fingerprint density at radius 1 is 1.21 bits per heavy atom. The Balaban J connectivity index is 1.85. The molecule has 0 atom stereocenters. The SMILES string of the molecule is Cc1cc(C(=O)NNC(=S)Nc2ccc(OC(F)F)cc2)c(C)o1. The van der Waals surface area contributed by atoms with Crippen molar-refractivity contribution >= 4 is 28.9 Å². The van der Waals surface area contributed by atoms with Crippen molar-refractivity contribution in [1.82, 2.24) is 10.9 Å². The summed E-state index contributed by atoms with van der Waals surface area (Å²) < 4.78 is 33.6. The molecule has 0 saturated carbocycles. The Hall–Kier alpha value is -2.68. The number of ether oxygens (including phenoxy) is 1. The summed E-state index contributed by atoms with van der Waals surface area (Å²) in [5.41, 5.74) is 5.91. The highest BCUT2D eigenvalue weighted by atomic mass is 32.1. The molecule has 1 aromatic heterocycles. The molecule has 0 fully saturated rings. The van der Waals surface area contributed by atoms with Crippen LogP contribution in [0.1, 0.15) is 21.9 Å². The Morgan fingerprint density at radius 3 is 2.42 bits per heavy atom. The largest absolute Gasteiger partial charge is 0.466 e. The number of halogens is 2. The van der Waals surface area contributed by atoms with Gasteiger partial charge in [0.25, 0.3) is 5.91 Å². The molecule has 0 aliphatic rings. The van der Waals surface area contributed by atoms with Gasteiger partial charge in [0.2, 0.25) is 0 Å².